The van der Waals surface area contributed by atoms with Crippen molar-refractivity contribution in [1.82, 2.24) is 24.3 Å². The summed E-state index contributed by atoms with van der Waals surface area (Å²) in [5, 5.41) is 8.06. The van der Waals surface area contributed by atoms with Crippen molar-refractivity contribution in [3.63, 3.8) is 0 Å². The van der Waals surface area contributed by atoms with Gasteiger partial charge in [-0.15, -0.1) is 10.2 Å². The molecule has 7 heteroatoms. The van der Waals surface area contributed by atoms with Crippen LogP contribution in [0, 0.1) is 0 Å². The van der Waals surface area contributed by atoms with E-state index < -0.39 is 11.2 Å². The third-order valence-electron chi connectivity index (χ3n) is 3.30. The lowest BCUT2D eigenvalue weighted by Crippen LogP contribution is -2.38. The van der Waals surface area contributed by atoms with Gasteiger partial charge in [0.15, 0.2) is 17.0 Å². The van der Waals surface area contributed by atoms with Gasteiger partial charge < -0.3 is 0 Å². The Bertz CT molecular complexity index is 928. The van der Waals surface area contributed by atoms with E-state index in [0.29, 0.717) is 12.4 Å². The summed E-state index contributed by atoms with van der Waals surface area (Å²) in [6, 6.07) is 9.26. The molecular weight excluding hydrogens is 270 g/mol. The molecule has 0 saturated heterocycles. The van der Waals surface area contributed by atoms with Gasteiger partial charge in [-0.1, -0.05) is 30.3 Å². The van der Waals surface area contributed by atoms with Crippen molar-refractivity contribution in [3.05, 3.63) is 51.2 Å². The molecule has 0 spiro atoms. The molecule has 0 saturated carbocycles. The monoisotopic (exact) mass is 283 g/mol. The van der Waals surface area contributed by atoms with Crippen LogP contribution in [0.4, 0.5) is 0 Å². The Kier molecular flexibility index (Phi) is 3.09. The Balaban J connectivity index is 2.38. The molecule has 0 radical (unpaired) electrons. The van der Waals surface area contributed by atoms with Gasteiger partial charge >= 0.3 is 5.69 Å². The first-order valence-corrected chi connectivity index (χ1v) is 6.53. The fraction of sp³-hybridized carbons (Fsp3) is 0.214. The number of benzene rings is 1. The molecule has 106 valence electrons. The van der Waals surface area contributed by atoms with E-state index in [9.17, 15) is 9.59 Å². The van der Waals surface area contributed by atoms with E-state index >= 15 is 0 Å². The van der Waals surface area contributed by atoms with Crippen LogP contribution in [0.3, 0.4) is 0 Å². The van der Waals surface area contributed by atoms with Crippen LogP contribution >= 0.6 is 0 Å². The van der Waals surface area contributed by atoms with Crippen LogP contribution in [-0.2, 0) is 13.6 Å². The van der Waals surface area contributed by atoms with E-state index in [1.54, 1.807) is 6.92 Å². The minimum atomic E-state index is -0.466. The first kappa shape index (κ1) is 13.2. The van der Waals surface area contributed by atoms with E-state index in [-0.39, 0.29) is 11.2 Å². The van der Waals surface area contributed by atoms with Crippen molar-refractivity contribution in [3.8, 4) is 11.4 Å². The molecule has 0 aliphatic rings. The highest BCUT2D eigenvalue weighted by Crippen LogP contribution is 2.14. The highest BCUT2D eigenvalue weighted by atomic mass is 16.2. The van der Waals surface area contributed by atoms with Crippen LogP contribution < -0.4 is 11.2 Å². The normalized spacial score (nSPS) is 11.0. The summed E-state index contributed by atoms with van der Waals surface area (Å²) in [7, 11) is 1.43. The number of aromatic nitrogens is 5. The second-order valence-corrected chi connectivity index (χ2v) is 4.56. The zero-order chi connectivity index (χ0) is 15.0. The predicted octanol–water partition coefficient (Wildman–Crippen LogP) is 0.572. The number of rotatable bonds is 2. The van der Waals surface area contributed by atoms with Crippen molar-refractivity contribution >= 4 is 11.2 Å². The highest BCUT2D eigenvalue weighted by molar-refractivity contribution is 5.71. The molecule has 2 aromatic heterocycles. The second-order valence-electron chi connectivity index (χ2n) is 4.56. The summed E-state index contributed by atoms with van der Waals surface area (Å²) in [5.41, 5.74) is 0.242. The van der Waals surface area contributed by atoms with Crippen molar-refractivity contribution < 1.29 is 0 Å². The molecule has 0 atom stereocenters. The molecule has 0 N–H and O–H groups in total. The maximum Gasteiger partial charge on any atom is 0.332 e. The van der Waals surface area contributed by atoms with Gasteiger partial charge in [-0.25, -0.2) is 9.78 Å². The molecule has 0 aliphatic heterocycles. The molecule has 0 amide bonds. The molecule has 21 heavy (non-hydrogen) atoms. The summed E-state index contributed by atoms with van der Waals surface area (Å²) in [4.78, 5) is 28.5. The van der Waals surface area contributed by atoms with Crippen molar-refractivity contribution in [1.29, 1.82) is 0 Å². The molecule has 7 nitrogen and oxygen atoms in total. The molecule has 3 aromatic rings. The number of aryl methyl sites for hydroxylation is 1. The summed E-state index contributed by atoms with van der Waals surface area (Å²) >= 11 is 0. The molecule has 0 fully saturated rings. The fourth-order valence-corrected chi connectivity index (χ4v) is 2.16. The molecule has 1 aromatic carbocycles. The number of hydrogen-bond donors (Lipinski definition) is 0. The summed E-state index contributed by atoms with van der Waals surface area (Å²) < 4.78 is 2.42. The first-order chi connectivity index (χ1) is 10.1. The summed E-state index contributed by atoms with van der Waals surface area (Å²) in [6.07, 6.45) is 0. The molecule has 0 bridgehead atoms. The smallest absolute Gasteiger partial charge is 0.275 e. The van der Waals surface area contributed by atoms with Crippen LogP contribution in [-0.4, -0.2) is 24.3 Å². The lowest BCUT2D eigenvalue weighted by Gasteiger charge is -2.08. The summed E-state index contributed by atoms with van der Waals surface area (Å²) in [5.74, 6) is 0.363. The van der Waals surface area contributed by atoms with Crippen molar-refractivity contribution in [2.75, 3.05) is 0 Å². The maximum absolute atomic E-state index is 12.2. The van der Waals surface area contributed by atoms with E-state index in [2.05, 4.69) is 15.2 Å². The molecular formula is C14H13N5O2. The third kappa shape index (κ3) is 2.03. The fourth-order valence-electron chi connectivity index (χ4n) is 2.16. The van der Waals surface area contributed by atoms with Crippen LogP contribution in [0.5, 0.6) is 0 Å². The van der Waals surface area contributed by atoms with Crippen LogP contribution in [0.15, 0.2) is 39.9 Å². The SMILES string of the molecule is CCn1c(=O)n(C)c(=O)c2nc(-c3ccccc3)nnc21. The van der Waals surface area contributed by atoms with Gasteiger partial charge in [-0.05, 0) is 6.92 Å². The van der Waals surface area contributed by atoms with Gasteiger partial charge in [0.2, 0.25) is 0 Å². The van der Waals surface area contributed by atoms with Crippen molar-refractivity contribution in [2.45, 2.75) is 13.5 Å². The van der Waals surface area contributed by atoms with E-state index in [0.717, 1.165) is 10.1 Å². The van der Waals surface area contributed by atoms with Crippen molar-refractivity contribution in [2.24, 2.45) is 7.05 Å². The predicted molar refractivity (Wildman–Crippen MR) is 77.9 cm³/mol. The van der Waals surface area contributed by atoms with E-state index in [1.807, 2.05) is 30.3 Å². The maximum atomic E-state index is 12.2. The minimum absolute atomic E-state index is 0.146. The molecule has 2 heterocycles. The number of fused-ring (bicyclic) bond motifs is 1. The Morgan fingerprint density at radius 2 is 1.81 bits per heavy atom. The van der Waals surface area contributed by atoms with E-state index in [1.165, 1.54) is 11.6 Å². The van der Waals surface area contributed by atoms with E-state index in [4.69, 9.17) is 0 Å². The molecule has 0 unspecified atom stereocenters. The zero-order valence-corrected chi connectivity index (χ0v) is 11.6. The quantitative estimate of drug-likeness (QED) is 0.686. The zero-order valence-electron chi connectivity index (χ0n) is 11.6. The lowest BCUT2D eigenvalue weighted by atomic mass is 10.2. The van der Waals surface area contributed by atoms with Gasteiger partial charge in [0.05, 0.1) is 0 Å². The first-order valence-electron chi connectivity index (χ1n) is 6.53. The largest absolute Gasteiger partial charge is 0.332 e. The Morgan fingerprint density at radius 3 is 2.48 bits per heavy atom. The molecule has 0 aliphatic carbocycles. The summed E-state index contributed by atoms with van der Waals surface area (Å²) in [6.45, 7) is 2.20. The number of hydrogen-bond acceptors (Lipinski definition) is 5. The number of nitrogens with zero attached hydrogens (tertiary/aromatic N) is 5. The van der Waals surface area contributed by atoms with Gasteiger partial charge in [0, 0.05) is 19.2 Å². The van der Waals surface area contributed by atoms with Crippen LogP contribution in [0.25, 0.3) is 22.6 Å². The van der Waals surface area contributed by atoms with Crippen LogP contribution in [0.1, 0.15) is 6.92 Å². The second kappa shape index (κ2) is 4.93. The molecule has 3 rings (SSSR count). The Hall–Kier alpha value is -2.83. The Morgan fingerprint density at radius 1 is 1.10 bits per heavy atom. The van der Waals surface area contributed by atoms with Gasteiger partial charge in [-0.3, -0.25) is 13.9 Å². The average Bonchev–Trinajstić information content (AvgIpc) is 2.54. The van der Waals surface area contributed by atoms with Crippen LogP contribution in [0.2, 0.25) is 0 Å². The lowest BCUT2D eigenvalue weighted by molar-refractivity contribution is 0.644. The Labute approximate surface area is 119 Å². The highest BCUT2D eigenvalue weighted by Gasteiger charge is 2.14. The van der Waals surface area contributed by atoms with Gasteiger partial charge in [0.1, 0.15) is 0 Å². The standard InChI is InChI=1S/C14H13N5O2/c1-3-19-12-10(13(20)18(2)14(19)21)15-11(16-17-12)9-7-5-4-6-8-9/h4-8H,3H2,1-2H3. The third-order valence-corrected chi connectivity index (χ3v) is 3.30. The van der Waals surface area contributed by atoms with Gasteiger partial charge in [-0.2, -0.15) is 0 Å². The average molecular weight is 283 g/mol. The van der Waals surface area contributed by atoms with Gasteiger partial charge in [0.25, 0.3) is 5.56 Å². The topological polar surface area (TPSA) is 82.7 Å². The minimum Gasteiger partial charge on any atom is -0.275 e.